The minimum absolute atomic E-state index is 0.0552. The van der Waals surface area contributed by atoms with Crippen LogP contribution in [-0.4, -0.2) is 27.6 Å². The summed E-state index contributed by atoms with van der Waals surface area (Å²) in [5.41, 5.74) is 1.71. The van der Waals surface area contributed by atoms with Crippen LogP contribution >= 0.6 is 11.8 Å². The van der Waals surface area contributed by atoms with E-state index in [4.69, 9.17) is 0 Å². The Kier molecular flexibility index (Phi) is 4.26. The molecule has 0 spiro atoms. The van der Waals surface area contributed by atoms with Gasteiger partial charge in [0.05, 0.1) is 16.9 Å². The number of nitrogens with zero attached hydrogens (tertiary/aromatic N) is 1. The molecule has 122 valence electrons. The van der Waals surface area contributed by atoms with E-state index in [1.54, 1.807) is 42.5 Å². The molecule has 1 aliphatic heterocycles. The second-order valence-electron chi connectivity index (χ2n) is 5.27. The molecule has 1 atom stereocenters. The second-order valence-corrected chi connectivity index (χ2v) is 6.33. The minimum Gasteiger partial charge on any atom is -0.478 e. The molecule has 2 aromatic rings. The predicted molar refractivity (Wildman–Crippen MR) is 92.5 cm³/mol. The van der Waals surface area contributed by atoms with Crippen LogP contribution in [0.15, 0.2) is 48.5 Å². The third-order valence-corrected chi connectivity index (χ3v) is 4.49. The number of nitrogens with one attached hydrogen (secondary N) is 1. The summed E-state index contributed by atoms with van der Waals surface area (Å²) in [6, 6.07) is 13.4. The number of carbonyl (C=O) groups excluding carboxylic acids is 2. The van der Waals surface area contributed by atoms with Gasteiger partial charge < -0.3 is 10.4 Å². The van der Waals surface area contributed by atoms with Gasteiger partial charge in [-0.3, -0.25) is 9.59 Å². The van der Waals surface area contributed by atoms with E-state index in [1.165, 1.54) is 6.07 Å². The van der Waals surface area contributed by atoms with E-state index < -0.39 is 22.5 Å². The van der Waals surface area contributed by atoms with Gasteiger partial charge in [0.2, 0.25) is 0 Å². The summed E-state index contributed by atoms with van der Waals surface area (Å²) in [6.07, 6.45) is 0. The van der Waals surface area contributed by atoms with Crippen LogP contribution in [0.5, 0.6) is 0 Å². The molecule has 2 aromatic carbocycles. The van der Waals surface area contributed by atoms with Crippen LogP contribution < -0.4 is 10.2 Å². The van der Waals surface area contributed by atoms with Crippen LogP contribution in [0.3, 0.4) is 0 Å². The average molecular weight is 342 g/mol. The monoisotopic (exact) mass is 342 g/mol. The van der Waals surface area contributed by atoms with E-state index >= 15 is 0 Å². The number of anilines is 2. The van der Waals surface area contributed by atoms with Gasteiger partial charge in [-0.1, -0.05) is 24.3 Å². The highest BCUT2D eigenvalue weighted by molar-refractivity contribution is 8.16. The molecule has 0 saturated carbocycles. The Hall–Kier alpha value is -2.80. The lowest BCUT2D eigenvalue weighted by Gasteiger charge is -2.16. The molecule has 0 aromatic heterocycles. The van der Waals surface area contributed by atoms with E-state index in [-0.39, 0.29) is 5.56 Å². The lowest BCUT2D eigenvalue weighted by Crippen LogP contribution is -2.34. The van der Waals surface area contributed by atoms with E-state index in [2.05, 4.69) is 5.32 Å². The quantitative estimate of drug-likeness (QED) is 0.886. The summed E-state index contributed by atoms with van der Waals surface area (Å²) in [6.45, 7) is 1.82. The van der Waals surface area contributed by atoms with Crippen LogP contribution in [0.25, 0.3) is 0 Å². The van der Waals surface area contributed by atoms with Crippen molar-refractivity contribution in [2.24, 2.45) is 0 Å². The van der Waals surface area contributed by atoms with Crippen LogP contribution in [0, 0.1) is 6.92 Å². The Morgan fingerprint density at radius 1 is 1.17 bits per heavy atom. The van der Waals surface area contributed by atoms with Crippen LogP contribution in [0.1, 0.15) is 15.9 Å². The van der Waals surface area contributed by atoms with Gasteiger partial charge in [0, 0.05) is 0 Å². The van der Waals surface area contributed by atoms with Crippen molar-refractivity contribution in [3.63, 3.8) is 0 Å². The smallest absolute Gasteiger partial charge is 0.337 e. The Labute approximate surface area is 142 Å². The number of benzene rings is 2. The number of hydrogen-bond donors (Lipinski definition) is 2. The maximum absolute atomic E-state index is 12.6. The molecule has 1 heterocycles. The number of carboxylic acid groups (broad SMARTS) is 1. The molecule has 24 heavy (non-hydrogen) atoms. The Balaban J connectivity index is 1.88. The largest absolute Gasteiger partial charge is 0.478 e. The molecule has 1 saturated heterocycles. The summed E-state index contributed by atoms with van der Waals surface area (Å²) in [7, 11) is 0. The number of amides is 2. The lowest BCUT2D eigenvalue weighted by molar-refractivity contribution is -0.116. The zero-order chi connectivity index (χ0) is 17.3. The zero-order valence-corrected chi connectivity index (χ0v) is 13.5. The minimum atomic E-state index is -1.10. The van der Waals surface area contributed by atoms with Crippen molar-refractivity contribution >= 4 is 40.3 Å². The number of carbonyl (C=O) groups is 3. The standard InChI is InChI=1S/C17H14N2O4S/c1-10-7-8-12(16(21)22)13(9-10)18-14-15(20)19(17(23)24-14)11-5-3-2-4-6-11/h2-9,14,18H,1H3,(H,21,22). The van der Waals surface area contributed by atoms with Crippen molar-refractivity contribution in [1.82, 2.24) is 0 Å². The first-order valence-corrected chi connectivity index (χ1v) is 8.05. The van der Waals surface area contributed by atoms with Gasteiger partial charge in [0.1, 0.15) is 0 Å². The molecule has 6 nitrogen and oxygen atoms in total. The Morgan fingerprint density at radius 2 is 1.88 bits per heavy atom. The first kappa shape index (κ1) is 16.1. The zero-order valence-electron chi connectivity index (χ0n) is 12.7. The van der Waals surface area contributed by atoms with E-state index in [0.29, 0.717) is 11.4 Å². The van der Waals surface area contributed by atoms with Gasteiger partial charge in [-0.2, -0.15) is 0 Å². The molecule has 0 radical (unpaired) electrons. The molecular formula is C17H14N2O4S. The van der Waals surface area contributed by atoms with Crippen molar-refractivity contribution < 1.29 is 19.5 Å². The number of para-hydroxylation sites is 1. The maximum atomic E-state index is 12.6. The predicted octanol–water partition coefficient (Wildman–Crippen LogP) is 3.33. The number of aromatic carboxylic acids is 1. The SMILES string of the molecule is Cc1ccc(C(=O)O)c(NC2SC(=O)N(c3ccccc3)C2=O)c1. The van der Waals surface area contributed by atoms with Crippen molar-refractivity contribution in [1.29, 1.82) is 0 Å². The molecular weight excluding hydrogens is 328 g/mol. The molecule has 7 heteroatoms. The molecule has 2 amide bonds. The number of hydrogen-bond acceptors (Lipinski definition) is 5. The van der Waals surface area contributed by atoms with Crippen LogP contribution in [0.2, 0.25) is 0 Å². The normalized spacial score (nSPS) is 17.2. The van der Waals surface area contributed by atoms with E-state index in [1.807, 2.05) is 6.92 Å². The fourth-order valence-corrected chi connectivity index (χ4v) is 3.31. The van der Waals surface area contributed by atoms with E-state index in [0.717, 1.165) is 22.2 Å². The third kappa shape index (κ3) is 2.98. The maximum Gasteiger partial charge on any atom is 0.337 e. The van der Waals surface area contributed by atoms with Gasteiger partial charge in [-0.15, -0.1) is 0 Å². The summed E-state index contributed by atoms with van der Waals surface area (Å²) in [4.78, 5) is 37.2. The lowest BCUT2D eigenvalue weighted by atomic mass is 10.1. The molecule has 0 aliphatic carbocycles. The molecule has 2 N–H and O–H groups in total. The van der Waals surface area contributed by atoms with Crippen LogP contribution in [-0.2, 0) is 4.79 Å². The highest BCUT2D eigenvalue weighted by Gasteiger charge is 2.41. The molecule has 3 rings (SSSR count). The van der Waals surface area contributed by atoms with Crippen LogP contribution in [0.4, 0.5) is 16.2 Å². The highest BCUT2D eigenvalue weighted by atomic mass is 32.2. The Morgan fingerprint density at radius 3 is 2.54 bits per heavy atom. The average Bonchev–Trinajstić information content (AvgIpc) is 2.82. The molecule has 1 fully saturated rings. The van der Waals surface area contributed by atoms with Crippen molar-refractivity contribution in [3.05, 3.63) is 59.7 Å². The second kappa shape index (κ2) is 6.37. The van der Waals surface area contributed by atoms with Gasteiger partial charge in [0.25, 0.3) is 11.1 Å². The van der Waals surface area contributed by atoms with Gasteiger partial charge in [0.15, 0.2) is 5.37 Å². The summed E-state index contributed by atoms with van der Waals surface area (Å²) in [5, 5.41) is 10.9. The molecule has 1 unspecified atom stereocenters. The van der Waals surface area contributed by atoms with E-state index in [9.17, 15) is 19.5 Å². The number of aryl methyl sites for hydroxylation is 1. The van der Waals surface area contributed by atoms with Gasteiger partial charge in [-0.25, -0.2) is 9.69 Å². The van der Waals surface area contributed by atoms with Crippen molar-refractivity contribution in [3.8, 4) is 0 Å². The Bertz CT molecular complexity index is 823. The third-order valence-electron chi connectivity index (χ3n) is 3.55. The fourth-order valence-electron chi connectivity index (χ4n) is 2.42. The number of thioether (sulfide) groups is 1. The van der Waals surface area contributed by atoms with Crippen molar-refractivity contribution in [2.75, 3.05) is 10.2 Å². The first-order chi connectivity index (χ1) is 11.5. The number of carboxylic acids is 1. The van der Waals surface area contributed by atoms with Gasteiger partial charge in [-0.05, 0) is 48.5 Å². The summed E-state index contributed by atoms with van der Waals surface area (Å²) in [5.74, 6) is -1.52. The molecule has 1 aliphatic rings. The number of imide groups is 1. The highest BCUT2D eigenvalue weighted by Crippen LogP contribution is 2.33. The summed E-state index contributed by atoms with van der Waals surface area (Å²) < 4.78 is 0. The van der Waals surface area contributed by atoms with Gasteiger partial charge >= 0.3 is 5.97 Å². The molecule has 0 bridgehead atoms. The first-order valence-electron chi connectivity index (χ1n) is 7.17. The van der Waals surface area contributed by atoms with Crippen molar-refractivity contribution in [2.45, 2.75) is 12.3 Å². The fraction of sp³-hybridized carbons (Fsp3) is 0.118. The number of rotatable bonds is 4. The topological polar surface area (TPSA) is 86.7 Å². The summed E-state index contributed by atoms with van der Waals surface area (Å²) >= 11 is 0.831.